The van der Waals surface area contributed by atoms with Crippen LogP contribution >= 0.6 is 11.6 Å². The van der Waals surface area contributed by atoms with Crippen molar-refractivity contribution in [2.45, 2.75) is 5.41 Å². The molecular weight excluding hydrogens is 336 g/mol. The molecule has 126 valence electrons. The predicted molar refractivity (Wildman–Crippen MR) is 97.6 cm³/mol. The molecule has 0 saturated carbocycles. The van der Waals surface area contributed by atoms with Crippen LogP contribution in [-0.2, 0) is 10.2 Å². The third-order valence-electron chi connectivity index (χ3n) is 4.11. The Balaban J connectivity index is 2.08. The molecule has 5 heteroatoms. The quantitative estimate of drug-likeness (QED) is 0.737. The van der Waals surface area contributed by atoms with Gasteiger partial charge < -0.3 is 10.5 Å². The summed E-state index contributed by atoms with van der Waals surface area (Å²) in [5, 5.41) is 0.581. The standard InChI is InChI=1S/C20H17ClN2O2/c21-17-10-8-15(9-11-17)20(19(22)24,16-5-4-12-23-13-16)14-25-18-6-2-1-3-7-18/h1-13H,14H2,(H2,22,24). The molecular formula is C20H17ClN2O2. The first-order valence-corrected chi connectivity index (χ1v) is 8.15. The Morgan fingerprint density at radius 2 is 1.72 bits per heavy atom. The summed E-state index contributed by atoms with van der Waals surface area (Å²) in [5.41, 5.74) is 6.06. The van der Waals surface area contributed by atoms with Gasteiger partial charge >= 0.3 is 0 Å². The van der Waals surface area contributed by atoms with Crippen molar-refractivity contribution in [2.24, 2.45) is 5.73 Å². The molecule has 3 rings (SSSR count). The molecule has 0 aliphatic heterocycles. The molecule has 2 aromatic carbocycles. The minimum absolute atomic E-state index is 0.0552. The van der Waals surface area contributed by atoms with E-state index in [1.54, 1.807) is 42.7 Å². The number of rotatable bonds is 6. The highest BCUT2D eigenvalue weighted by Crippen LogP contribution is 2.33. The van der Waals surface area contributed by atoms with Crippen LogP contribution in [0.3, 0.4) is 0 Å². The number of para-hydroxylation sites is 1. The Bertz CT molecular complexity index is 839. The molecule has 4 nitrogen and oxygen atoms in total. The van der Waals surface area contributed by atoms with Crippen molar-refractivity contribution in [1.82, 2.24) is 4.98 Å². The average molecular weight is 353 g/mol. The molecule has 2 N–H and O–H groups in total. The van der Waals surface area contributed by atoms with E-state index in [2.05, 4.69) is 4.98 Å². The van der Waals surface area contributed by atoms with Crippen molar-refractivity contribution in [3.8, 4) is 5.75 Å². The first-order chi connectivity index (χ1) is 12.1. The molecule has 25 heavy (non-hydrogen) atoms. The maximum atomic E-state index is 12.6. The van der Waals surface area contributed by atoms with Gasteiger partial charge in [-0.25, -0.2) is 0 Å². The van der Waals surface area contributed by atoms with E-state index in [0.29, 0.717) is 21.9 Å². The van der Waals surface area contributed by atoms with Gasteiger partial charge in [-0.1, -0.05) is 48.0 Å². The number of carbonyl (C=O) groups excluding carboxylic acids is 1. The largest absolute Gasteiger partial charge is 0.492 e. The fourth-order valence-electron chi connectivity index (χ4n) is 2.75. The van der Waals surface area contributed by atoms with Crippen molar-refractivity contribution < 1.29 is 9.53 Å². The van der Waals surface area contributed by atoms with Gasteiger partial charge in [0.25, 0.3) is 0 Å². The van der Waals surface area contributed by atoms with E-state index in [0.717, 1.165) is 0 Å². The number of primary amides is 1. The number of nitrogens with zero attached hydrogens (tertiary/aromatic N) is 1. The summed E-state index contributed by atoms with van der Waals surface area (Å²) >= 11 is 6.00. The van der Waals surface area contributed by atoms with Crippen molar-refractivity contribution in [3.63, 3.8) is 0 Å². The number of halogens is 1. The van der Waals surface area contributed by atoms with Gasteiger partial charge in [-0.3, -0.25) is 9.78 Å². The van der Waals surface area contributed by atoms with Crippen LogP contribution in [0.15, 0.2) is 79.1 Å². The molecule has 1 unspecified atom stereocenters. The maximum absolute atomic E-state index is 12.6. The summed E-state index contributed by atoms with van der Waals surface area (Å²) in [7, 11) is 0. The van der Waals surface area contributed by atoms with E-state index in [1.807, 2.05) is 36.4 Å². The number of hydrogen-bond acceptors (Lipinski definition) is 3. The highest BCUT2D eigenvalue weighted by atomic mass is 35.5. The van der Waals surface area contributed by atoms with Crippen LogP contribution in [-0.4, -0.2) is 17.5 Å². The molecule has 1 amide bonds. The molecule has 0 aliphatic rings. The third kappa shape index (κ3) is 3.49. The van der Waals surface area contributed by atoms with Crippen LogP contribution in [0.2, 0.25) is 5.02 Å². The van der Waals surface area contributed by atoms with Crippen molar-refractivity contribution in [2.75, 3.05) is 6.61 Å². The number of benzene rings is 2. The maximum Gasteiger partial charge on any atom is 0.236 e. The van der Waals surface area contributed by atoms with Crippen molar-refractivity contribution in [1.29, 1.82) is 0 Å². The molecule has 0 bridgehead atoms. The lowest BCUT2D eigenvalue weighted by atomic mass is 9.75. The van der Waals surface area contributed by atoms with Crippen LogP contribution in [0.5, 0.6) is 5.75 Å². The number of hydrogen-bond donors (Lipinski definition) is 1. The third-order valence-corrected chi connectivity index (χ3v) is 4.36. The molecule has 0 saturated heterocycles. The van der Waals surface area contributed by atoms with Crippen LogP contribution < -0.4 is 10.5 Å². The van der Waals surface area contributed by atoms with E-state index >= 15 is 0 Å². The Hall–Kier alpha value is -2.85. The number of aromatic nitrogens is 1. The Morgan fingerprint density at radius 3 is 2.32 bits per heavy atom. The van der Waals surface area contributed by atoms with Gasteiger partial charge in [-0.05, 0) is 41.5 Å². The summed E-state index contributed by atoms with van der Waals surface area (Å²) in [6.07, 6.45) is 3.28. The topological polar surface area (TPSA) is 65.2 Å². The molecule has 0 aliphatic carbocycles. The van der Waals surface area contributed by atoms with Crippen LogP contribution in [0.4, 0.5) is 0 Å². The minimum atomic E-state index is -1.17. The Labute approximate surface area is 151 Å². The lowest BCUT2D eigenvalue weighted by Gasteiger charge is -2.31. The van der Waals surface area contributed by atoms with Gasteiger partial charge in [0.05, 0.1) is 0 Å². The second kappa shape index (κ2) is 7.36. The first-order valence-electron chi connectivity index (χ1n) is 7.77. The number of amides is 1. The first kappa shape index (κ1) is 17.0. The lowest BCUT2D eigenvalue weighted by molar-refractivity contribution is -0.123. The highest BCUT2D eigenvalue weighted by molar-refractivity contribution is 6.30. The Morgan fingerprint density at radius 1 is 1.00 bits per heavy atom. The summed E-state index contributed by atoms with van der Waals surface area (Å²) in [6.45, 7) is 0.0552. The van der Waals surface area contributed by atoms with Crippen molar-refractivity contribution in [3.05, 3.63) is 95.3 Å². The molecule has 0 fully saturated rings. The second-order valence-corrected chi connectivity index (χ2v) is 6.06. The van der Waals surface area contributed by atoms with E-state index in [-0.39, 0.29) is 6.61 Å². The second-order valence-electron chi connectivity index (χ2n) is 5.62. The fraction of sp³-hybridized carbons (Fsp3) is 0.100. The number of carbonyl (C=O) groups is 1. The predicted octanol–water partition coefficient (Wildman–Crippen LogP) is 3.59. The van der Waals surface area contributed by atoms with Crippen LogP contribution in [0.25, 0.3) is 0 Å². The van der Waals surface area contributed by atoms with Gasteiger partial charge in [0.15, 0.2) is 0 Å². The van der Waals surface area contributed by atoms with E-state index in [1.165, 1.54) is 0 Å². The summed E-state index contributed by atoms with van der Waals surface area (Å²) in [6, 6.07) is 19.9. The van der Waals surface area contributed by atoms with Gasteiger partial charge in [0.1, 0.15) is 17.8 Å². The summed E-state index contributed by atoms with van der Waals surface area (Å²) < 4.78 is 5.91. The van der Waals surface area contributed by atoms with E-state index in [9.17, 15) is 4.79 Å². The zero-order valence-electron chi connectivity index (χ0n) is 13.4. The highest BCUT2D eigenvalue weighted by Gasteiger charge is 2.42. The monoisotopic (exact) mass is 352 g/mol. The van der Waals surface area contributed by atoms with Gasteiger partial charge in [-0.2, -0.15) is 0 Å². The Kier molecular flexibility index (Phi) is 5.00. The fourth-order valence-corrected chi connectivity index (χ4v) is 2.87. The van der Waals surface area contributed by atoms with Gasteiger partial charge in [0.2, 0.25) is 5.91 Å². The van der Waals surface area contributed by atoms with Gasteiger partial charge in [-0.15, -0.1) is 0 Å². The molecule has 0 spiro atoms. The molecule has 3 aromatic rings. The minimum Gasteiger partial charge on any atom is -0.492 e. The van der Waals surface area contributed by atoms with Gasteiger partial charge in [0, 0.05) is 17.4 Å². The molecule has 1 aromatic heterocycles. The number of ether oxygens (including phenoxy) is 1. The SMILES string of the molecule is NC(=O)C(COc1ccccc1)(c1ccc(Cl)cc1)c1cccnc1. The number of nitrogens with two attached hydrogens (primary N) is 1. The summed E-state index contributed by atoms with van der Waals surface area (Å²) in [5.74, 6) is 0.143. The summed E-state index contributed by atoms with van der Waals surface area (Å²) in [4.78, 5) is 16.8. The molecule has 0 radical (unpaired) electrons. The van der Waals surface area contributed by atoms with Crippen LogP contribution in [0.1, 0.15) is 11.1 Å². The van der Waals surface area contributed by atoms with Crippen LogP contribution in [0, 0.1) is 0 Å². The van der Waals surface area contributed by atoms with Crippen molar-refractivity contribution >= 4 is 17.5 Å². The zero-order valence-corrected chi connectivity index (χ0v) is 14.2. The smallest absolute Gasteiger partial charge is 0.236 e. The number of pyridine rings is 1. The van der Waals surface area contributed by atoms with E-state index in [4.69, 9.17) is 22.1 Å². The molecule has 1 atom stereocenters. The average Bonchev–Trinajstić information content (AvgIpc) is 2.65. The zero-order chi connectivity index (χ0) is 17.7. The normalized spacial score (nSPS) is 13.0. The van der Waals surface area contributed by atoms with E-state index < -0.39 is 11.3 Å². The lowest BCUT2D eigenvalue weighted by Crippen LogP contribution is -2.47. The molecule has 1 heterocycles.